The van der Waals surface area contributed by atoms with Crippen LogP contribution in [0.5, 0.6) is 0 Å². The van der Waals surface area contributed by atoms with Crippen molar-refractivity contribution in [3.05, 3.63) is 11.1 Å². The summed E-state index contributed by atoms with van der Waals surface area (Å²) in [5.41, 5.74) is 6.81. The predicted molar refractivity (Wildman–Crippen MR) is 57.4 cm³/mol. The minimum Gasteiger partial charge on any atom is -0.247 e. The molecule has 1 atom stereocenters. The molecule has 2 nitrogen and oxygen atoms in total. The Labute approximate surface area is 82.0 Å². The number of allylic oxidation sites excluding steroid dienone is 1. The molecule has 1 N–H and O–H groups in total. The lowest BCUT2D eigenvalue weighted by Crippen LogP contribution is -2.40. The van der Waals surface area contributed by atoms with E-state index in [2.05, 4.69) is 52.1 Å². The largest absolute Gasteiger partial charge is 0.247 e. The quantitative estimate of drug-likeness (QED) is 0.578. The summed E-state index contributed by atoms with van der Waals surface area (Å²) in [7, 11) is 2.11. The number of hydrazine groups is 1. The molecule has 1 aliphatic heterocycles. The zero-order valence-electron chi connectivity index (χ0n) is 9.73. The highest BCUT2D eigenvalue weighted by molar-refractivity contribution is 5.23. The van der Waals surface area contributed by atoms with Crippen LogP contribution < -0.4 is 5.43 Å². The van der Waals surface area contributed by atoms with E-state index in [1.165, 1.54) is 5.57 Å². The van der Waals surface area contributed by atoms with Gasteiger partial charge < -0.3 is 0 Å². The molecule has 0 radical (unpaired) electrons. The summed E-state index contributed by atoms with van der Waals surface area (Å²) in [5.74, 6) is 0. The third kappa shape index (κ3) is 2.32. The van der Waals surface area contributed by atoms with Crippen molar-refractivity contribution in [1.82, 2.24) is 10.4 Å². The molecular weight excluding hydrogens is 160 g/mol. The lowest BCUT2D eigenvalue weighted by molar-refractivity contribution is 0.221. The first-order valence-corrected chi connectivity index (χ1v) is 4.96. The van der Waals surface area contributed by atoms with Crippen molar-refractivity contribution in [2.75, 3.05) is 13.6 Å². The molecule has 0 aliphatic carbocycles. The first-order chi connectivity index (χ1) is 5.82. The van der Waals surface area contributed by atoms with Gasteiger partial charge in [-0.1, -0.05) is 26.3 Å². The molecule has 2 heteroatoms. The molecule has 0 aromatic heterocycles. The van der Waals surface area contributed by atoms with Crippen LogP contribution in [0.1, 0.15) is 34.6 Å². The molecular formula is C11H22N2. The Hall–Kier alpha value is -0.340. The summed E-state index contributed by atoms with van der Waals surface area (Å²) < 4.78 is 0. The fraction of sp³-hybridized carbons (Fsp3) is 0.818. The van der Waals surface area contributed by atoms with E-state index in [0.717, 1.165) is 6.54 Å². The molecule has 1 rings (SSSR count). The number of hydrogen-bond donors (Lipinski definition) is 1. The van der Waals surface area contributed by atoms with Gasteiger partial charge in [-0.2, -0.15) is 0 Å². The fourth-order valence-corrected chi connectivity index (χ4v) is 1.85. The Kier molecular flexibility index (Phi) is 2.83. The number of hydrogen-bond acceptors (Lipinski definition) is 2. The monoisotopic (exact) mass is 182 g/mol. The van der Waals surface area contributed by atoms with Gasteiger partial charge in [-0.05, 0) is 24.8 Å². The van der Waals surface area contributed by atoms with Crippen molar-refractivity contribution in [3.8, 4) is 0 Å². The topological polar surface area (TPSA) is 15.3 Å². The van der Waals surface area contributed by atoms with E-state index in [4.69, 9.17) is 0 Å². The Morgan fingerprint density at radius 3 is 2.23 bits per heavy atom. The van der Waals surface area contributed by atoms with Crippen molar-refractivity contribution in [3.63, 3.8) is 0 Å². The summed E-state index contributed by atoms with van der Waals surface area (Å²) in [6.45, 7) is 12.3. The third-order valence-corrected chi connectivity index (χ3v) is 2.61. The third-order valence-electron chi connectivity index (χ3n) is 2.61. The fourth-order valence-electron chi connectivity index (χ4n) is 1.85. The first kappa shape index (κ1) is 10.7. The number of nitrogens with one attached hydrogen (secondary N) is 1. The van der Waals surface area contributed by atoms with Crippen LogP contribution in [0.15, 0.2) is 11.1 Å². The Morgan fingerprint density at radius 2 is 1.92 bits per heavy atom. The van der Waals surface area contributed by atoms with E-state index in [1.54, 1.807) is 5.57 Å². The summed E-state index contributed by atoms with van der Waals surface area (Å²) in [6, 6.07) is 0.502. The summed E-state index contributed by atoms with van der Waals surface area (Å²) in [5, 5.41) is 2.18. The molecule has 1 saturated heterocycles. The van der Waals surface area contributed by atoms with Crippen LogP contribution in [0.3, 0.4) is 0 Å². The van der Waals surface area contributed by atoms with Crippen LogP contribution in [-0.2, 0) is 0 Å². The summed E-state index contributed by atoms with van der Waals surface area (Å²) in [4.78, 5) is 0. The molecule has 0 aromatic rings. The second-order valence-electron chi connectivity index (χ2n) is 5.31. The Bertz CT molecular complexity index is 219. The maximum Gasteiger partial charge on any atom is 0.0488 e. The maximum atomic E-state index is 3.50. The van der Waals surface area contributed by atoms with E-state index < -0.39 is 0 Å². The SMILES string of the molecule is CC(C)=C1CN(C)NC1C(C)(C)C. The van der Waals surface area contributed by atoms with Gasteiger partial charge in [0.2, 0.25) is 0 Å². The van der Waals surface area contributed by atoms with Crippen molar-refractivity contribution >= 4 is 0 Å². The number of rotatable bonds is 0. The van der Waals surface area contributed by atoms with E-state index in [1.807, 2.05) is 0 Å². The van der Waals surface area contributed by atoms with E-state index in [0.29, 0.717) is 11.5 Å². The average molecular weight is 182 g/mol. The standard InChI is InChI=1S/C11H22N2/c1-8(2)9-7-13(6)12-10(9)11(3,4)5/h10,12H,7H2,1-6H3. The van der Waals surface area contributed by atoms with Gasteiger partial charge in [0, 0.05) is 19.6 Å². The van der Waals surface area contributed by atoms with Crippen molar-refractivity contribution < 1.29 is 0 Å². The van der Waals surface area contributed by atoms with Gasteiger partial charge in [0.1, 0.15) is 0 Å². The smallest absolute Gasteiger partial charge is 0.0488 e. The molecule has 0 spiro atoms. The van der Waals surface area contributed by atoms with Crippen molar-refractivity contribution in [2.45, 2.75) is 40.7 Å². The summed E-state index contributed by atoms with van der Waals surface area (Å²) in [6.07, 6.45) is 0. The van der Waals surface area contributed by atoms with Crippen LogP contribution in [0.25, 0.3) is 0 Å². The van der Waals surface area contributed by atoms with E-state index in [-0.39, 0.29) is 0 Å². The van der Waals surface area contributed by atoms with Crippen LogP contribution >= 0.6 is 0 Å². The zero-order valence-corrected chi connectivity index (χ0v) is 9.73. The first-order valence-electron chi connectivity index (χ1n) is 4.96. The lowest BCUT2D eigenvalue weighted by atomic mass is 9.82. The highest BCUT2D eigenvalue weighted by Crippen LogP contribution is 2.30. The Balaban J connectivity index is 2.92. The van der Waals surface area contributed by atoms with Gasteiger partial charge in [0.15, 0.2) is 0 Å². The summed E-state index contributed by atoms with van der Waals surface area (Å²) >= 11 is 0. The molecule has 1 heterocycles. The number of likely N-dealkylation sites (N-methyl/N-ethyl adjacent to an activating group) is 1. The second kappa shape index (κ2) is 3.43. The molecule has 0 bridgehead atoms. The molecule has 13 heavy (non-hydrogen) atoms. The van der Waals surface area contributed by atoms with Crippen LogP contribution in [0.2, 0.25) is 0 Å². The minimum absolute atomic E-state index is 0.303. The molecule has 76 valence electrons. The van der Waals surface area contributed by atoms with Gasteiger partial charge in [0.05, 0.1) is 0 Å². The highest BCUT2D eigenvalue weighted by Gasteiger charge is 2.34. The average Bonchev–Trinajstić information content (AvgIpc) is 2.29. The van der Waals surface area contributed by atoms with Gasteiger partial charge >= 0.3 is 0 Å². The minimum atomic E-state index is 0.303. The molecule has 1 unspecified atom stereocenters. The molecule has 0 saturated carbocycles. The van der Waals surface area contributed by atoms with Crippen molar-refractivity contribution in [1.29, 1.82) is 0 Å². The maximum absolute atomic E-state index is 3.50. The number of nitrogens with zero attached hydrogens (tertiary/aromatic N) is 1. The van der Waals surface area contributed by atoms with E-state index in [9.17, 15) is 0 Å². The van der Waals surface area contributed by atoms with Gasteiger partial charge in [-0.15, -0.1) is 0 Å². The van der Waals surface area contributed by atoms with Gasteiger partial charge in [-0.3, -0.25) is 0 Å². The molecule has 0 amide bonds. The predicted octanol–water partition coefficient (Wildman–Crippen LogP) is 2.19. The van der Waals surface area contributed by atoms with Gasteiger partial charge in [0.25, 0.3) is 0 Å². The van der Waals surface area contributed by atoms with Gasteiger partial charge in [-0.25, -0.2) is 10.4 Å². The zero-order chi connectivity index (χ0) is 10.2. The normalized spacial score (nSPS) is 25.4. The highest BCUT2D eigenvalue weighted by atomic mass is 15.5. The second-order valence-corrected chi connectivity index (χ2v) is 5.31. The molecule has 0 aromatic carbocycles. The Morgan fingerprint density at radius 1 is 1.38 bits per heavy atom. The van der Waals surface area contributed by atoms with Crippen LogP contribution in [-0.4, -0.2) is 24.6 Å². The van der Waals surface area contributed by atoms with Crippen molar-refractivity contribution in [2.24, 2.45) is 5.41 Å². The molecule has 1 aliphatic rings. The van der Waals surface area contributed by atoms with Crippen LogP contribution in [0.4, 0.5) is 0 Å². The van der Waals surface area contributed by atoms with Crippen LogP contribution in [0, 0.1) is 5.41 Å². The molecule has 1 fully saturated rings. The van der Waals surface area contributed by atoms with E-state index >= 15 is 0 Å². The lowest BCUT2D eigenvalue weighted by Gasteiger charge is -2.29.